The lowest BCUT2D eigenvalue weighted by Gasteiger charge is -2.19. The van der Waals surface area contributed by atoms with E-state index >= 15 is 0 Å². The molecule has 0 aliphatic heterocycles. The van der Waals surface area contributed by atoms with Crippen LogP contribution in [-0.2, 0) is 0 Å². The molecular formula is C14H13F4NO2. The standard InChI is InChI=1S/C14H13F4NO2/c1-19(9-14(16,17)18)13(21)11-8-10(4-2-3-7-20)5-6-12(11)15/h5-6,8,20H,3,7,9H2,1H3. The summed E-state index contributed by atoms with van der Waals surface area (Å²) < 4.78 is 50.3. The largest absolute Gasteiger partial charge is 0.406 e. The van der Waals surface area contributed by atoms with Gasteiger partial charge in [-0.05, 0) is 18.2 Å². The summed E-state index contributed by atoms with van der Waals surface area (Å²) in [6.07, 6.45) is -4.35. The number of alkyl halides is 3. The SMILES string of the molecule is CN(CC(F)(F)F)C(=O)c1cc(C#CCCO)ccc1F. The molecule has 0 radical (unpaired) electrons. The average Bonchev–Trinajstić information content (AvgIpc) is 2.38. The van der Waals surface area contributed by atoms with E-state index < -0.39 is 30.0 Å². The average molecular weight is 303 g/mol. The van der Waals surface area contributed by atoms with Crippen LogP contribution in [0.1, 0.15) is 22.3 Å². The third kappa shape index (κ3) is 5.44. The summed E-state index contributed by atoms with van der Waals surface area (Å²) in [6.45, 7) is -1.61. The zero-order valence-electron chi connectivity index (χ0n) is 11.2. The minimum atomic E-state index is -4.56. The van der Waals surface area contributed by atoms with Crippen LogP contribution in [0.25, 0.3) is 0 Å². The summed E-state index contributed by atoms with van der Waals surface area (Å²) in [5.41, 5.74) is -0.189. The highest BCUT2D eigenvalue weighted by Gasteiger charge is 2.32. The first-order valence-electron chi connectivity index (χ1n) is 5.96. The number of rotatable bonds is 3. The molecule has 0 aliphatic carbocycles. The number of aliphatic hydroxyl groups excluding tert-OH is 1. The van der Waals surface area contributed by atoms with Crippen LogP contribution < -0.4 is 0 Å². The molecule has 0 saturated carbocycles. The van der Waals surface area contributed by atoms with Crippen molar-refractivity contribution in [3.8, 4) is 11.8 Å². The molecule has 1 aromatic carbocycles. The molecule has 0 spiro atoms. The zero-order valence-corrected chi connectivity index (χ0v) is 11.2. The minimum Gasteiger partial charge on any atom is -0.395 e. The lowest BCUT2D eigenvalue weighted by atomic mass is 10.1. The van der Waals surface area contributed by atoms with Gasteiger partial charge in [0.1, 0.15) is 12.4 Å². The van der Waals surface area contributed by atoms with Gasteiger partial charge < -0.3 is 10.0 Å². The first kappa shape index (κ1) is 17.0. The highest BCUT2D eigenvalue weighted by Crippen LogP contribution is 2.18. The fourth-order valence-electron chi connectivity index (χ4n) is 1.53. The molecule has 0 atom stereocenters. The predicted molar refractivity (Wildman–Crippen MR) is 68.0 cm³/mol. The number of amides is 1. The molecule has 0 bridgehead atoms. The summed E-state index contributed by atoms with van der Waals surface area (Å²) in [6, 6.07) is 3.37. The van der Waals surface area contributed by atoms with E-state index in [1.165, 1.54) is 6.07 Å². The van der Waals surface area contributed by atoms with E-state index in [1.54, 1.807) is 0 Å². The van der Waals surface area contributed by atoms with E-state index in [1.807, 2.05) is 0 Å². The van der Waals surface area contributed by atoms with Crippen molar-refractivity contribution in [3.63, 3.8) is 0 Å². The molecular weight excluding hydrogens is 290 g/mol. The number of halogens is 4. The van der Waals surface area contributed by atoms with Crippen LogP contribution in [0.4, 0.5) is 17.6 Å². The monoisotopic (exact) mass is 303 g/mol. The van der Waals surface area contributed by atoms with Gasteiger partial charge in [0.25, 0.3) is 5.91 Å². The summed E-state index contributed by atoms with van der Waals surface area (Å²) in [5.74, 6) is 3.17. The first-order valence-corrected chi connectivity index (χ1v) is 5.96. The molecule has 3 nitrogen and oxygen atoms in total. The van der Waals surface area contributed by atoms with Crippen molar-refractivity contribution < 1.29 is 27.5 Å². The summed E-state index contributed by atoms with van der Waals surface area (Å²) in [7, 11) is 0.944. The molecule has 0 saturated heterocycles. The van der Waals surface area contributed by atoms with E-state index in [2.05, 4.69) is 11.8 Å². The smallest absolute Gasteiger partial charge is 0.395 e. The molecule has 0 unspecified atom stereocenters. The maximum atomic E-state index is 13.6. The second kappa shape index (κ2) is 7.09. The highest BCUT2D eigenvalue weighted by atomic mass is 19.4. The third-order valence-electron chi connectivity index (χ3n) is 2.43. The summed E-state index contributed by atoms with van der Waals surface area (Å²) in [4.78, 5) is 12.2. The summed E-state index contributed by atoms with van der Waals surface area (Å²) >= 11 is 0. The van der Waals surface area contributed by atoms with Crippen LogP contribution in [0.15, 0.2) is 18.2 Å². The van der Waals surface area contributed by atoms with Gasteiger partial charge in [0.2, 0.25) is 0 Å². The van der Waals surface area contributed by atoms with Crippen LogP contribution in [0.2, 0.25) is 0 Å². The Labute approximate surface area is 119 Å². The van der Waals surface area contributed by atoms with Gasteiger partial charge in [0, 0.05) is 19.0 Å². The number of nitrogens with zero attached hydrogens (tertiary/aromatic N) is 1. The lowest BCUT2D eigenvalue weighted by molar-refractivity contribution is -0.138. The van der Waals surface area contributed by atoms with E-state index in [-0.39, 0.29) is 18.6 Å². The van der Waals surface area contributed by atoms with Gasteiger partial charge in [-0.25, -0.2) is 4.39 Å². The molecule has 0 aliphatic rings. The van der Waals surface area contributed by atoms with Crippen LogP contribution in [0, 0.1) is 17.7 Å². The summed E-state index contributed by atoms with van der Waals surface area (Å²) in [5, 5.41) is 8.58. The van der Waals surface area contributed by atoms with Crippen molar-refractivity contribution in [2.45, 2.75) is 12.6 Å². The molecule has 114 valence electrons. The molecule has 1 rings (SSSR count). The van der Waals surface area contributed by atoms with Gasteiger partial charge in [0.05, 0.1) is 12.2 Å². The fourth-order valence-corrected chi connectivity index (χ4v) is 1.53. The van der Waals surface area contributed by atoms with Crippen LogP contribution in [0.3, 0.4) is 0 Å². The Hall–Kier alpha value is -2.07. The van der Waals surface area contributed by atoms with Crippen molar-refractivity contribution in [2.75, 3.05) is 20.2 Å². The Morgan fingerprint density at radius 3 is 2.62 bits per heavy atom. The van der Waals surface area contributed by atoms with Gasteiger partial charge in [-0.3, -0.25) is 4.79 Å². The second-order valence-corrected chi connectivity index (χ2v) is 4.25. The van der Waals surface area contributed by atoms with Gasteiger partial charge in [-0.2, -0.15) is 13.2 Å². The number of hydrogen-bond acceptors (Lipinski definition) is 2. The minimum absolute atomic E-state index is 0.145. The van der Waals surface area contributed by atoms with Gasteiger partial charge in [-0.1, -0.05) is 11.8 Å². The van der Waals surface area contributed by atoms with Gasteiger partial charge in [0.15, 0.2) is 0 Å². The van der Waals surface area contributed by atoms with Crippen LogP contribution >= 0.6 is 0 Å². The molecule has 0 aromatic heterocycles. The Morgan fingerprint density at radius 1 is 1.38 bits per heavy atom. The number of hydrogen-bond donors (Lipinski definition) is 1. The molecule has 0 fully saturated rings. The van der Waals surface area contributed by atoms with Crippen molar-refractivity contribution in [1.82, 2.24) is 4.90 Å². The number of aliphatic hydroxyl groups is 1. The van der Waals surface area contributed by atoms with Crippen LogP contribution in [0.5, 0.6) is 0 Å². The second-order valence-electron chi connectivity index (χ2n) is 4.25. The molecule has 1 N–H and O–H groups in total. The molecule has 0 heterocycles. The molecule has 7 heteroatoms. The maximum Gasteiger partial charge on any atom is 0.406 e. The maximum absolute atomic E-state index is 13.6. The van der Waals surface area contributed by atoms with Gasteiger partial charge in [-0.15, -0.1) is 0 Å². The number of benzene rings is 1. The number of carbonyl (C=O) groups is 1. The third-order valence-corrected chi connectivity index (χ3v) is 2.43. The topological polar surface area (TPSA) is 40.5 Å². The van der Waals surface area contributed by atoms with Crippen molar-refractivity contribution in [2.24, 2.45) is 0 Å². The fraction of sp³-hybridized carbons (Fsp3) is 0.357. The lowest BCUT2D eigenvalue weighted by Crippen LogP contribution is -2.36. The van der Waals surface area contributed by atoms with Crippen LogP contribution in [-0.4, -0.2) is 42.3 Å². The molecule has 1 aromatic rings. The van der Waals surface area contributed by atoms with E-state index in [4.69, 9.17) is 5.11 Å². The Morgan fingerprint density at radius 2 is 2.05 bits per heavy atom. The van der Waals surface area contributed by atoms with E-state index in [0.29, 0.717) is 4.90 Å². The van der Waals surface area contributed by atoms with Crippen molar-refractivity contribution in [1.29, 1.82) is 0 Å². The Bertz CT molecular complexity index is 573. The van der Waals surface area contributed by atoms with E-state index in [0.717, 1.165) is 19.2 Å². The first-order chi connectivity index (χ1) is 9.74. The predicted octanol–water partition coefficient (Wildman–Crippen LogP) is 2.19. The Balaban J connectivity index is 2.99. The van der Waals surface area contributed by atoms with E-state index in [9.17, 15) is 22.4 Å². The van der Waals surface area contributed by atoms with Crippen molar-refractivity contribution in [3.05, 3.63) is 35.1 Å². The number of carbonyl (C=O) groups excluding carboxylic acids is 1. The molecule has 1 amide bonds. The zero-order chi connectivity index (χ0) is 16.0. The normalized spacial score (nSPS) is 10.8. The molecule has 21 heavy (non-hydrogen) atoms. The van der Waals surface area contributed by atoms with Crippen molar-refractivity contribution >= 4 is 5.91 Å². The van der Waals surface area contributed by atoms with Gasteiger partial charge >= 0.3 is 6.18 Å². The Kier molecular flexibility index (Phi) is 5.73. The quantitative estimate of drug-likeness (QED) is 0.687. The highest BCUT2D eigenvalue weighted by molar-refractivity contribution is 5.94.